The van der Waals surface area contributed by atoms with Gasteiger partial charge in [0.25, 0.3) is 0 Å². The van der Waals surface area contributed by atoms with E-state index in [2.05, 4.69) is 39.1 Å². The zero-order valence-electron chi connectivity index (χ0n) is 16.1. The fourth-order valence-corrected chi connectivity index (χ4v) is 3.56. The molecule has 1 aromatic carbocycles. The van der Waals surface area contributed by atoms with E-state index in [1.165, 1.54) is 0 Å². The number of piperazine rings is 1. The number of hydrogen-bond donors (Lipinski definition) is 3. The lowest BCUT2D eigenvalue weighted by Crippen LogP contribution is -2.48. The summed E-state index contributed by atoms with van der Waals surface area (Å²) >= 11 is 0. The second kappa shape index (κ2) is 7.63. The molecule has 142 valence electrons. The predicted octanol–water partition coefficient (Wildman–Crippen LogP) is 1.83. The van der Waals surface area contributed by atoms with Gasteiger partial charge in [0.1, 0.15) is 0 Å². The molecule has 7 nitrogen and oxygen atoms in total. The Kier molecular flexibility index (Phi) is 5.48. The van der Waals surface area contributed by atoms with E-state index in [0.717, 1.165) is 49.2 Å². The van der Waals surface area contributed by atoms with Crippen molar-refractivity contribution in [1.82, 2.24) is 19.8 Å². The number of anilines is 1. The number of nitrogens with one attached hydrogen (secondary N) is 3. The van der Waals surface area contributed by atoms with Crippen LogP contribution in [0.1, 0.15) is 30.9 Å². The van der Waals surface area contributed by atoms with Gasteiger partial charge in [-0.15, -0.1) is 0 Å². The van der Waals surface area contributed by atoms with Gasteiger partial charge in [0.2, 0.25) is 5.91 Å². The summed E-state index contributed by atoms with van der Waals surface area (Å²) in [6, 6.07) is 2.31. The molecule has 7 heteroatoms. The average molecular weight is 359 g/mol. The minimum Gasteiger partial charge on any atom is -0.324 e. The quantitative estimate of drug-likeness (QED) is 0.760. The molecule has 1 aromatic heterocycles. The zero-order chi connectivity index (χ0) is 18.8. The standard InChI is InChI=1S/C19H29N5O2/c1-12-11-15-18(22-19(26)20-15)17(14(12)3)21-16(25)6-5-13(2)24-9-7-23(4)8-10-24/h11,13H,5-10H2,1-4H3,(H,21,25)(H2,20,22,26). The minimum atomic E-state index is -0.260. The molecule has 26 heavy (non-hydrogen) atoms. The van der Waals surface area contributed by atoms with Crippen molar-refractivity contribution < 1.29 is 4.79 Å². The minimum absolute atomic E-state index is 0.0111. The lowest BCUT2D eigenvalue weighted by molar-refractivity contribution is -0.116. The SMILES string of the molecule is Cc1cc2[nH]c(=O)[nH]c2c(NC(=O)CCC(C)N2CCN(C)CC2)c1C. The third-order valence-electron chi connectivity index (χ3n) is 5.55. The van der Waals surface area contributed by atoms with Crippen molar-refractivity contribution in [1.29, 1.82) is 0 Å². The van der Waals surface area contributed by atoms with Gasteiger partial charge in [0.15, 0.2) is 0 Å². The summed E-state index contributed by atoms with van der Waals surface area (Å²) in [6.07, 6.45) is 1.30. The second-order valence-corrected chi connectivity index (χ2v) is 7.47. The molecule has 0 aliphatic carbocycles. The monoisotopic (exact) mass is 359 g/mol. The smallest absolute Gasteiger partial charge is 0.323 e. The number of H-pyrrole nitrogens is 2. The Morgan fingerprint density at radius 2 is 1.92 bits per heavy atom. The molecule has 1 aliphatic heterocycles. The molecule has 1 saturated heterocycles. The number of carbonyl (C=O) groups excluding carboxylic acids is 1. The number of imidazole rings is 1. The number of hydrogen-bond acceptors (Lipinski definition) is 4. The highest BCUT2D eigenvalue weighted by atomic mass is 16.2. The van der Waals surface area contributed by atoms with E-state index in [0.29, 0.717) is 23.7 Å². The van der Waals surface area contributed by atoms with Crippen LogP contribution in [0, 0.1) is 13.8 Å². The van der Waals surface area contributed by atoms with Gasteiger partial charge < -0.3 is 20.2 Å². The van der Waals surface area contributed by atoms with E-state index in [-0.39, 0.29) is 11.6 Å². The number of rotatable bonds is 5. The first-order valence-electron chi connectivity index (χ1n) is 9.30. The second-order valence-electron chi connectivity index (χ2n) is 7.47. The third kappa shape index (κ3) is 3.99. The first-order chi connectivity index (χ1) is 12.3. The summed E-state index contributed by atoms with van der Waals surface area (Å²) in [5.41, 5.74) is 3.85. The number of nitrogens with zero attached hydrogens (tertiary/aromatic N) is 2. The highest BCUT2D eigenvalue weighted by Gasteiger charge is 2.20. The summed E-state index contributed by atoms with van der Waals surface area (Å²) < 4.78 is 0. The van der Waals surface area contributed by atoms with Crippen LogP contribution < -0.4 is 11.0 Å². The number of aromatic amines is 2. The average Bonchev–Trinajstić information content (AvgIpc) is 2.97. The van der Waals surface area contributed by atoms with Crippen LogP contribution in [0.2, 0.25) is 0 Å². The third-order valence-corrected chi connectivity index (χ3v) is 5.55. The molecule has 1 atom stereocenters. The summed E-state index contributed by atoms with van der Waals surface area (Å²) in [5.74, 6) is -0.0111. The van der Waals surface area contributed by atoms with Crippen molar-refractivity contribution in [2.45, 2.75) is 39.7 Å². The molecule has 1 fully saturated rings. The maximum absolute atomic E-state index is 12.5. The molecule has 0 spiro atoms. The van der Waals surface area contributed by atoms with Crippen molar-refractivity contribution in [2.75, 3.05) is 38.5 Å². The van der Waals surface area contributed by atoms with Crippen molar-refractivity contribution >= 4 is 22.6 Å². The van der Waals surface area contributed by atoms with E-state index in [4.69, 9.17) is 0 Å². The van der Waals surface area contributed by atoms with Gasteiger partial charge in [0, 0.05) is 38.6 Å². The first kappa shape index (κ1) is 18.7. The Bertz CT molecular complexity index is 845. The van der Waals surface area contributed by atoms with E-state index < -0.39 is 0 Å². The van der Waals surface area contributed by atoms with Crippen LogP contribution in [0.5, 0.6) is 0 Å². The van der Waals surface area contributed by atoms with Crippen molar-refractivity contribution in [2.24, 2.45) is 0 Å². The Balaban J connectivity index is 1.64. The summed E-state index contributed by atoms with van der Waals surface area (Å²) in [7, 11) is 2.14. The molecule has 1 unspecified atom stereocenters. The number of aromatic nitrogens is 2. The summed E-state index contributed by atoms with van der Waals surface area (Å²) in [6.45, 7) is 10.4. The Hall–Kier alpha value is -2.12. The number of amides is 1. The van der Waals surface area contributed by atoms with Crippen molar-refractivity contribution in [3.63, 3.8) is 0 Å². The van der Waals surface area contributed by atoms with Crippen LogP contribution in [0.3, 0.4) is 0 Å². The maximum atomic E-state index is 12.5. The molecular weight excluding hydrogens is 330 g/mol. The Morgan fingerprint density at radius 1 is 1.23 bits per heavy atom. The number of fused-ring (bicyclic) bond motifs is 1. The van der Waals surface area contributed by atoms with Gasteiger partial charge in [0.05, 0.1) is 16.7 Å². The molecule has 0 bridgehead atoms. The molecule has 0 saturated carbocycles. The number of aryl methyl sites for hydroxylation is 1. The number of benzene rings is 1. The van der Waals surface area contributed by atoms with Crippen LogP contribution in [-0.4, -0.2) is 64.9 Å². The molecular formula is C19H29N5O2. The molecule has 2 heterocycles. The molecule has 1 aliphatic rings. The maximum Gasteiger partial charge on any atom is 0.323 e. The summed E-state index contributed by atoms with van der Waals surface area (Å²) in [5, 5.41) is 3.02. The highest BCUT2D eigenvalue weighted by molar-refractivity contribution is 6.01. The van der Waals surface area contributed by atoms with Gasteiger partial charge >= 0.3 is 5.69 Å². The summed E-state index contributed by atoms with van der Waals surface area (Å²) in [4.78, 5) is 34.5. The lowest BCUT2D eigenvalue weighted by Gasteiger charge is -2.36. The lowest BCUT2D eigenvalue weighted by atomic mass is 10.1. The normalized spacial score (nSPS) is 17.5. The first-order valence-corrected chi connectivity index (χ1v) is 9.30. The molecule has 3 rings (SSSR count). The van der Waals surface area contributed by atoms with Crippen LogP contribution in [-0.2, 0) is 4.79 Å². The highest BCUT2D eigenvalue weighted by Crippen LogP contribution is 2.27. The number of carbonyl (C=O) groups is 1. The predicted molar refractivity (Wildman–Crippen MR) is 105 cm³/mol. The fraction of sp³-hybridized carbons (Fsp3) is 0.579. The number of likely N-dealkylation sites (N-methyl/N-ethyl adjacent to an activating group) is 1. The Morgan fingerprint density at radius 3 is 2.62 bits per heavy atom. The van der Waals surface area contributed by atoms with E-state index in [9.17, 15) is 9.59 Å². The van der Waals surface area contributed by atoms with Gasteiger partial charge in [-0.05, 0) is 51.4 Å². The van der Waals surface area contributed by atoms with Gasteiger partial charge in [-0.25, -0.2) is 4.79 Å². The van der Waals surface area contributed by atoms with E-state index in [1.54, 1.807) is 0 Å². The topological polar surface area (TPSA) is 84.2 Å². The van der Waals surface area contributed by atoms with Gasteiger partial charge in [-0.3, -0.25) is 9.69 Å². The van der Waals surface area contributed by atoms with Gasteiger partial charge in [-0.2, -0.15) is 0 Å². The van der Waals surface area contributed by atoms with Crippen LogP contribution in [0.15, 0.2) is 10.9 Å². The Labute approximate surface area is 153 Å². The van der Waals surface area contributed by atoms with Crippen molar-refractivity contribution in [3.05, 3.63) is 27.7 Å². The van der Waals surface area contributed by atoms with Crippen LogP contribution in [0.4, 0.5) is 5.69 Å². The molecule has 2 aromatic rings. The van der Waals surface area contributed by atoms with Gasteiger partial charge in [-0.1, -0.05) is 0 Å². The van der Waals surface area contributed by atoms with E-state index >= 15 is 0 Å². The van der Waals surface area contributed by atoms with Crippen LogP contribution >= 0.6 is 0 Å². The molecule has 1 amide bonds. The molecule has 3 N–H and O–H groups in total. The van der Waals surface area contributed by atoms with Crippen LogP contribution in [0.25, 0.3) is 11.0 Å². The van der Waals surface area contributed by atoms with E-state index in [1.807, 2.05) is 19.9 Å². The van der Waals surface area contributed by atoms with Crippen molar-refractivity contribution in [3.8, 4) is 0 Å². The largest absolute Gasteiger partial charge is 0.324 e. The molecule has 0 radical (unpaired) electrons. The fourth-order valence-electron chi connectivity index (χ4n) is 3.56. The zero-order valence-corrected chi connectivity index (χ0v) is 16.1.